The van der Waals surface area contributed by atoms with Gasteiger partial charge in [0.1, 0.15) is 0 Å². The third-order valence-corrected chi connectivity index (χ3v) is 8.78. The van der Waals surface area contributed by atoms with E-state index in [4.69, 9.17) is 0 Å². The first-order chi connectivity index (χ1) is 19.8. The number of hydrogen-bond acceptors (Lipinski definition) is 0. The number of fused-ring (bicyclic) bond motifs is 7. The van der Waals surface area contributed by atoms with Gasteiger partial charge < -0.3 is 0 Å². The van der Waals surface area contributed by atoms with E-state index < -0.39 is 5.41 Å². The Hall–Kier alpha value is -4.94. The van der Waals surface area contributed by atoms with Crippen molar-refractivity contribution in [3.05, 3.63) is 179 Å². The van der Waals surface area contributed by atoms with Crippen molar-refractivity contribution in [2.45, 2.75) is 12.3 Å². The molecule has 0 saturated heterocycles. The first-order valence-corrected chi connectivity index (χ1v) is 14.0. The second-order valence-corrected chi connectivity index (χ2v) is 11.0. The summed E-state index contributed by atoms with van der Waals surface area (Å²) >= 11 is 0. The molecule has 0 spiro atoms. The molecule has 0 fully saturated rings. The average Bonchev–Trinajstić information content (AvgIpc) is 3.33. The summed E-state index contributed by atoms with van der Waals surface area (Å²) in [7, 11) is 0. The Morgan fingerprint density at radius 2 is 0.975 bits per heavy atom. The van der Waals surface area contributed by atoms with Crippen molar-refractivity contribution in [2.75, 3.05) is 0 Å². The molecular weight excluding hydrogens is 480 g/mol. The minimum Gasteiger partial charge on any atom is -0.0622 e. The second kappa shape index (κ2) is 8.79. The molecule has 0 N–H and O–H groups in total. The van der Waals surface area contributed by atoms with Gasteiger partial charge in [-0.15, -0.1) is 0 Å². The number of aryl methyl sites for hydroxylation is 1. The lowest BCUT2D eigenvalue weighted by Gasteiger charge is -2.35. The summed E-state index contributed by atoms with van der Waals surface area (Å²) < 4.78 is 0. The molecule has 40 heavy (non-hydrogen) atoms. The summed E-state index contributed by atoms with van der Waals surface area (Å²) in [6, 6.07) is 56.2. The molecule has 1 aliphatic carbocycles. The highest BCUT2D eigenvalue weighted by atomic mass is 14.5. The molecule has 0 bridgehead atoms. The molecule has 0 heteroatoms. The molecule has 8 rings (SSSR count). The monoisotopic (exact) mass is 508 g/mol. The Morgan fingerprint density at radius 3 is 1.68 bits per heavy atom. The number of rotatable bonds is 3. The Balaban J connectivity index is 1.62. The molecule has 0 amide bonds. The lowest BCUT2D eigenvalue weighted by atomic mass is 9.66. The first kappa shape index (κ1) is 23.0. The Morgan fingerprint density at radius 1 is 0.400 bits per heavy atom. The number of benzene rings is 7. The maximum Gasteiger partial charge on any atom is 0.0719 e. The molecule has 0 aliphatic heterocycles. The van der Waals surface area contributed by atoms with Crippen molar-refractivity contribution < 1.29 is 0 Å². The van der Waals surface area contributed by atoms with Gasteiger partial charge in [-0.2, -0.15) is 0 Å². The summed E-state index contributed by atoms with van der Waals surface area (Å²) in [5.41, 5.74) is 11.3. The molecule has 188 valence electrons. The molecule has 0 nitrogen and oxygen atoms in total. The number of hydrogen-bond donors (Lipinski definition) is 0. The van der Waals surface area contributed by atoms with Gasteiger partial charge in [-0.3, -0.25) is 0 Å². The standard InChI is InChI=1S/C40H28/c1-27-21-22-31-32-23-24-34-33-19-11-12-20-38(33)40(29-15-7-3-8-16-29,30-17-9-4-10-18-30)39(34)37(32)26-35(36(31)25-27)28-13-5-2-6-14-28/h2-26H,1H3. The normalized spacial score (nSPS) is 13.3. The van der Waals surface area contributed by atoms with E-state index in [2.05, 4.69) is 159 Å². The van der Waals surface area contributed by atoms with Crippen LogP contribution in [0.25, 0.3) is 43.8 Å². The van der Waals surface area contributed by atoms with Crippen molar-refractivity contribution in [1.82, 2.24) is 0 Å². The van der Waals surface area contributed by atoms with Gasteiger partial charge in [0.05, 0.1) is 5.41 Å². The van der Waals surface area contributed by atoms with Gasteiger partial charge in [0, 0.05) is 0 Å². The topological polar surface area (TPSA) is 0 Å². The minimum absolute atomic E-state index is 0.430. The Labute approximate surface area is 235 Å². The van der Waals surface area contributed by atoms with E-state index in [0.29, 0.717) is 0 Å². The smallest absolute Gasteiger partial charge is 0.0622 e. The van der Waals surface area contributed by atoms with E-state index in [1.54, 1.807) is 0 Å². The maximum absolute atomic E-state index is 2.47. The molecule has 0 heterocycles. The highest BCUT2D eigenvalue weighted by Gasteiger charge is 2.47. The summed E-state index contributed by atoms with van der Waals surface area (Å²) in [4.78, 5) is 0. The Kier molecular flexibility index (Phi) is 5.06. The lowest BCUT2D eigenvalue weighted by molar-refractivity contribution is 0.775. The predicted octanol–water partition coefficient (Wildman–Crippen LogP) is 10.3. The lowest BCUT2D eigenvalue weighted by Crippen LogP contribution is -2.28. The fraction of sp³-hybridized carbons (Fsp3) is 0.0500. The van der Waals surface area contributed by atoms with Crippen LogP contribution in [0.3, 0.4) is 0 Å². The third kappa shape index (κ3) is 3.14. The fourth-order valence-corrected chi connectivity index (χ4v) is 7.15. The van der Waals surface area contributed by atoms with E-state index in [1.165, 1.54) is 71.6 Å². The fourth-order valence-electron chi connectivity index (χ4n) is 7.15. The minimum atomic E-state index is -0.430. The average molecular weight is 509 g/mol. The first-order valence-electron chi connectivity index (χ1n) is 14.0. The van der Waals surface area contributed by atoms with Gasteiger partial charge in [0.25, 0.3) is 0 Å². The van der Waals surface area contributed by atoms with Crippen LogP contribution in [0.4, 0.5) is 0 Å². The summed E-state index contributed by atoms with van der Waals surface area (Å²) in [5, 5.41) is 5.23. The molecule has 0 radical (unpaired) electrons. The highest BCUT2D eigenvalue weighted by molar-refractivity contribution is 6.17. The van der Waals surface area contributed by atoms with E-state index in [-0.39, 0.29) is 0 Å². The van der Waals surface area contributed by atoms with Crippen LogP contribution in [0.15, 0.2) is 152 Å². The van der Waals surface area contributed by atoms with Crippen molar-refractivity contribution in [2.24, 2.45) is 0 Å². The van der Waals surface area contributed by atoms with E-state index in [0.717, 1.165) is 0 Å². The SMILES string of the molecule is Cc1ccc2c(c1)c(-c1ccccc1)cc1c3c(ccc12)-c1ccccc1C3(c1ccccc1)c1ccccc1. The van der Waals surface area contributed by atoms with Gasteiger partial charge in [0.2, 0.25) is 0 Å². The van der Waals surface area contributed by atoms with Gasteiger partial charge in [-0.1, -0.05) is 151 Å². The van der Waals surface area contributed by atoms with Crippen LogP contribution in [0.1, 0.15) is 27.8 Å². The quantitative estimate of drug-likeness (QED) is 0.208. The molecular formula is C40H28. The predicted molar refractivity (Wildman–Crippen MR) is 169 cm³/mol. The van der Waals surface area contributed by atoms with E-state index in [1.807, 2.05) is 0 Å². The van der Waals surface area contributed by atoms with E-state index in [9.17, 15) is 0 Å². The zero-order chi connectivity index (χ0) is 26.7. The summed E-state index contributed by atoms with van der Waals surface area (Å²) in [5.74, 6) is 0. The molecule has 0 saturated carbocycles. The maximum atomic E-state index is 2.47. The molecule has 0 unspecified atom stereocenters. The van der Waals surface area contributed by atoms with Crippen molar-refractivity contribution in [3.8, 4) is 22.3 Å². The molecule has 7 aromatic carbocycles. The van der Waals surface area contributed by atoms with Crippen LogP contribution < -0.4 is 0 Å². The zero-order valence-electron chi connectivity index (χ0n) is 22.4. The zero-order valence-corrected chi connectivity index (χ0v) is 22.4. The molecule has 1 aliphatic rings. The van der Waals surface area contributed by atoms with Crippen molar-refractivity contribution >= 4 is 21.5 Å². The van der Waals surface area contributed by atoms with E-state index >= 15 is 0 Å². The third-order valence-electron chi connectivity index (χ3n) is 8.78. The van der Waals surface area contributed by atoms with Gasteiger partial charge in [-0.25, -0.2) is 0 Å². The van der Waals surface area contributed by atoms with Crippen LogP contribution in [-0.4, -0.2) is 0 Å². The van der Waals surface area contributed by atoms with Crippen LogP contribution >= 0.6 is 0 Å². The van der Waals surface area contributed by atoms with Crippen molar-refractivity contribution in [1.29, 1.82) is 0 Å². The molecule has 7 aromatic rings. The molecule has 0 atom stereocenters. The van der Waals surface area contributed by atoms with Crippen LogP contribution in [0.5, 0.6) is 0 Å². The largest absolute Gasteiger partial charge is 0.0719 e. The Bertz CT molecular complexity index is 1990. The summed E-state index contributed by atoms with van der Waals surface area (Å²) in [6.07, 6.45) is 0. The van der Waals surface area contributed by atoms with Gasteiger partial charge in [0.15, 0.2) is 0 Å². The van der Waals surface area contributed by atoms with Crippen LogP contribution in [0.2, 0.25) is 0 Å². The van der Waals surface area contributed by atoms with Gasteiger partial charge in [-0.05, 0) is 79.0 Å². The van der Waals surface area contributed by atoms with Crippen LogP contribution in [-0.2, 0) is 5.41 Å². The van der Waals surface area contributed by atoms with Gasteiger partial charge >= 0.3 is 0 Å². The van der Waals surface area contributed by atoms with Crippen LogP contribution in [0, 0.1) is 6.92 Å². The summed E-state index contributed by atoms with van der Waals surface area (Å²) in [6.45, 7) is 2.19. The molecule has 0 aromatic heterocycles. The van der Waals surface area contributed by atoms with Crippen molar-refractivity contribution in [3.63, 3.8) is 0 Å². The second-order valence-electron chi connectivity index (χ2n) is 11.0. The highest BCUT2D eigenvalue weighted by Crippen LogP contribution is 2.58.